The molecule has 2 heterocycles. The molecule has 0 aliphatic heterocycles. The maximum atomic E-state index is 6.52. The highest BCUT2D eigenvalue weighted by atomic mass is 35.5. The van der Waals surface area contributed by atoms with Crippen molar-refractivity contribution in [2.24, 2.45) is 0 Å². The van der Waals surface area contributed by atoms with Crippen molar-refractivity contribution in [1.29, 1.82) is 0 Å². The van der Waals surface area contributed by atoms with Crippen LogP contribution < -0.4 is 4.74 Å². The number of hydrogen-bond acceptors (Lipinski definition) is 4. The first-order valence-corrected chi connectivity index (χ1v) is 10.7. The summed E-state index contributed by atoms with van der Waals surface area (Å²) in [6, 6.07) is 27.8. The Morgan fingerprint density at radius 1 is 0.812 bits per heavy atom. The zero-order valence-electron chi connectivity index (χ0n) is 17.2. The third-order valence-corrected chi connectivity index (χ3v) is 5.85. The molecule has 0 aliphatic carbocycles. The molecular formula is C27H17ClN2O2. The molecule has 32 heavy (non-hydrogen) atoms. The summed E-state index contributed by atoms with van der Waals surface area (Å²) < 4.78 is 12.0. The summed E-state index contributed by atoms with van der Waals surface area (Å²) in [7, 11) is 0. The number of para-hydroxylation sites is 1. The van der Waals surface area contributed by atoms with Crippen molar-refractivity contribution in [2.45, 2.75) is 6.92 Å². The number of nitrogens with zero attached hydrogens (tertiary/aromatic N) is 2. The van der Waals surface area contributed by atoms with Gasteiger partial charge in [-0.15, -0.1) is 0 Å². The first-order chi connectivity index (χ1) is 15.7. The summed E-state index contributed by atoms with van der Waals surface area (Å²) >= 11 is 6.52. The molecular weight excluding hydrogens is 420 g/mol. The summed E-state index contributed by atoms with van der Waals surface area (Å²) in [6.07, 6.45) is 0. The van der Waals surface area contributed by atoms with Crippen molar-refractivity contribution < 1.29 is 9.15 Å². The van der Waals surface area contributed by atoms with Crippen molar-refractivity contribution in [1.82, 2.24) is 9.97 Å². The number of rotatable bonds is 3. The Labute approximate surface area is 189 Å². The number of halogens is 1. The summed E-state index contributed by atoms with van der Waals surface area (Å²) in [5.74, 6) is 2.12. The van der Waals surface area contributed by atoms with Gasteiger partial charge in [0, 0.05) is 5.56 Å². The lowest BCUT2D eigenvalue weighted by atomic mass is 10.1. The van der Waals surface area contributed by atoms with Crippen LogP contribution >= 0.6 is 11.6 Å². The minimum absolute atomic E-state index is 0.297. The van der Waals surface area contributed by atoms with Gasteiger partial charge >= 0.3 is 0 Å². The van der Waals surface area contributed by atoms with E-state index in [9.17, 15) is 0 Å². The predicted octanol–water partition coefficient (Wildman–Crippen LogP) is 7.95. The van der Waals surface area contributed by atoms with Crippen LogP contribution in [0.1, 0.15) is 5.56 Å². The van der Waals surface area contributed by atoms with E-state index in [0.717, 1.165) is 44.4 Å². The lowest BCUT2D eigenvalue weighted by Gasteiger charge is -2.09. The maximum Gasteiger partial charge on any atom is 0.191 e. The average Bonchev–Trinajstić information content (AvgIpc) is 3.21. The van der Waals surface area contributed by atoms with Gasteiger partial charge in [-0.3, -0.25) is 0 Å². The second kappa shape index (κ2) is 7.36. The predicted molar refractivity (Wildman–Crippen MR) is 129 cm³/mol. The number of furan rings is 1. The second-order valence-corrected chi connectivity index (χ2v) is 8.03. The highest BCUT2D eigenvalue weighted by Gasteiger charge is 2.17. The molecule has 0 spiro atoms. The fourth-order valence-electron chi connectivity index (χ4n) is 3.97. The van der Waals surface area contributed by atoms with Gasteiger partial charge in [0.1, 0.15) is 22.6 Å². The van der Waals surface area contributed by atoms with E-state index in [1.807, 2.05) is 79.7 Å². The smallest absolute Gasteiger partial charge is 0.191 e. The van der Waals surface area contributed by atoms with E-state index >= 15 is 0 Å². The highest BCUT2D eigenvalue weighted by molar-refractivity contribution is 6.35. The van der Waals surface area contributed by atoms with E-state index in [1.165, 1.54) is 0 Å². The van der Waals surface area contributed by atoms with E-state index in [-0.39, 0.29) is 0 Å². The summed E-state index contributed by atoms with van der Waals surface area (Å²) in [6.45, 7) is 2.02. The van der Waals surface area contributed by atoms with E-state index in [2.05, 4.69) is 17.1 Å². The molecule has 0 aliphatic rings. The standard InChI is InChI=1S/C27H17ClN2O2/c1-16-6-2-5-9-21(16)31-19-13-10-18(11-14-19)27-29-24-23-20-8-4-3-7-17(20)12-15-22(23)32-25(24)26(28)30-27/h2-15H,1H3. The van der Waals surface area contributed by atoms with Crippen LogP contribution in [0.4, 0.5) is 0 Å². The van der Waals surface area contributed by atoms with Crippen LogP contribution in [0, 0.1) is 6.92 Å². The summed E-state index contributed by atoms with van der Waals surface area (Å²) in [5, 5.41) is 3.44. The molecule has 0 amide bonds. The largest absolute Gasteiger partial charge is 0.457 e. The molecule has 0 fully saturated rings. The molecule has 0 N–H and O–H groups in total. The lowest BCUT2D eigenvalue weighted by molar-refractivity contribution is 0.479. The minimum Gasteiger partial charge on any atom is -0.457 e. The van der Waals surface area contributed by atoms with E-state index < -0.39 is 0 Å². The molecule has 0 unspecified atom stereocenters. The Morgan fingerprint density at radius 3 is 2.44 bits per heavy atom. The van der Waals surface area contributed by atoms with Gasteiger partial charge in [-0.2, -0.15) is 0 Å². The normalized spacial score (nSPS) is 11.4. The number of aromatic nitrogens is 2. The average molecular weight is 437 g/mol. The topological polar surface area (TPSA) is 48.2 Å². The third-order valence-electron chi connectivity index (χ3n) is 5.60. The van der Waals surface area contributed by atoms with Crippen molar-refractivity contribution in [3.05, 3.63) is 95.6 Å². The number of benzene rings is 4. The lowest BCUT2D eigenvalue weighted by Crippen LogP contribution is -1.91. The molecule has 5 heteroatoms. The molecule has 0 bridgehead atoms. The van der Waals surface area contributed by atoms with E-state index in [0.29, 0.717) is 22.1 Å². The Morgan fingerprint density at radius 2 is 1.59 bits per heavy atom. The third kappa shape index (κ3) is 3.08. The molecule has 4 aromatic carbocycles. The maximum absolute atomic E-state index is 6.52. The number of hydrogen-bond donors (Lipinski definition) is 0. The van der Waals surface area contributed by atoms with Crippen LogP contribution in [-0.4, -0.2) is 9.97 Å². The van der Waals surface area contributed by atoms with Crippen LogP contribution in [0.25, 0.3) is 44.2 Å². The van der Waals surface area contributed by atoms with Crippen LogP contribution in [0.5, 0.6) is 11.5 Å². The zero-order valence-corrected chi connectivity index (χ0v) is 17.9. The summed E-state index contributed by atoms with van der Waals surface area (Å²) in [4.78, 5) is 9.34. The zero-order chi connectivity index (χ0) is 21.7. The first kappa shape index (κ1) is 18.8. The van der Waals surface area contributed by atoms with Gasteiger partial charge in [-0.1, -0.05) is 60.1 Å². The van der Waals surface area contributed by atoms with Crippen LogP contribution in [0.15, 0.2) is 89.3 Å². The van der Waals surface area contributed by atoms with Crippen LogP contribution in [-0.2, 0) is 0 Å². The van der Waals surface area contributed by atoms with Gasteiger partial charge < -0.3 is 9.15 Å². The molecule has 6 rings (SSSR count). The van der Waals surface area contributed by atoms with Crippen LogP contribution in [0.2, 0.25) is 5.15 Å². The molecule has 0 atom stereocenters. The number of ether oxygens (including phenoxy) is 1. The van der Waals surface area contributed by atoms with Gasteiger partial charge in [0.25, 0.3) is 0 Å². The Kier molecular flexibility index (Phi) is 4.33. The number of fused-ring (bicyclic) bond motifs is 5. The fourth-order valence-corrected chi connectivity index (χ4v) is 4.18. The van der Waals surface area contributed by atoms with Crippen molar-refractivity contribution in [3.8, 4) is 22.9 Å². The molecule has 4 nitrogen and oxygen atoms in total. The van der Waals surface area contributed by atoms with Crippen LogP contribution in [0.3, 0.4) is 0 Å². The number of aryl methyl sites for hydroxylation is 1. The second-order valence-electron chi connectivity index (χ2n) is 7.67. The first-order valence-electron chi connectivity index (χ1n) is 10.3. The van der Waals surface area contributed by atoms with E-state index in [1.54, 1.807) is 0 Å². The van der Waals surface area contributed by atoms with Gasteiger partial charge in [0.2, 0.25) is 0 Å². The molecule has 154 valence electrons. The van der Waals surface area contributed by atoms with Crippen molar-refractivity contribution in [2.75, 3.05) is 0 Å². The molecule has 0 saturated heterocycles. The Hall–Kier alpha value is -3.89. The molecule has 0 radical (unpaired) electrons. The minimum atomic E-state index is 0.297. The quantitative estimate of drug-likeness (QED) is 0.264. The van der Waals surface area contributed by atoms with Gasteiger partial charge in [-0.05, 0) is 59.7 Å². The fraction of sp³-hybridized carbons (Fsp3) is 0.0370. The van der Waals surface area contributed by atoms with Gasteiger partial charge in [0.05, 0.1) is 5.39 Å². The highest BCUT2D eigenvalue weighted by Crippen LogP contribution is 2.37. The molecule has 0 saturated carbocycles. The Bertz CT molecular complexity index is 1620. The summed E-state index contributed by atoms with van der Waals surface area (Å²) in [5.41, 5.74) is 3.89. The Balaban J connectivity index is 1.45. The van der Waals surface area contributed by atoms with Gasteiger partial charge in [-0.25, -0.2) is 9.97 Å². The van der Waals surface area contributed by atoms with E-state index in [4.69, 9.17) is 25.7 Å². The van der Waals surface area contributed by atoms with Crippen molar-refractivity contribution >= 4 is 44.4 Å². The molecule has 6 aromatic rings. The molecule has 2 aromatic heterocycles. The van der Waals surface area contributed by atoms with Gasteiger partial charge in [0.15, 0.2) is 16.6 Å². The monoisotopic (exact) mass is 436 g/mol. The SMILES string of the molecule is Cc1ccccc1Oc1ccc(-c2nc(Cl)c3oc4ccc5ccccc5c4c3n2)cc1. The van der Waals surface area contributed by atoms with Crippen molar-refractivity contribution in [3.63, 3.8) is 0 Å².